The molecule has 5 nitrogen and oxygen atoms in total. The van der Waals surface area contributed by atoms with Crippen LogP contribution in [-0.4, -0.2) is 30.8 Å². The standard InChI is InChI=1S/C16H25NO4/c1-21-16(20)15(12-7-4-8-13(18)10-12)17-14(19)9-11-5-2-3-6-11/h11-12,15H,2-10H2,1H3,(H,17,19)/t12-,15-/m0/s1. The Bertz CT molecular complexity index is 401. The fraction of sp³-hybridized carbons (Fsp3) is 0.812. The molecule has 0 bridgehead atoms. The van der Waals surface area contributed by atoms with Crippen molar-refractivity contribution in [3.05, 3.63) is 0 Å². The summed E-state index contributed by atoms with van der Waals surface area (Å²) in [5, 5.41) is 2.82. The van der Waals surface area contributed by atoms with E-state index in [0.717, 1.165) is 25.7 Å². The molecule has 2 saturated carbocycles. The van der Waals surface area contributed by atoms with Crippen molar-refractivity contribution in [2.75, 3.05) is 7.11 Å². The lowest BCUT2D eigenvalue weighted by Gasteiger charge is -2.28. The third kappa shape index (κ3) is 4.55. The van der Waals surface area contributed by atoms with Crippen LogP contribution in [0.4, 0.5) is 0 Å². The first-order valence-corrected chi connectivity index (χ1v) is 7.99. The zero-order valence-electron chi connectivity index (χ0n) is 12.7. The topological polar surface area (TPSA) is 72.5 Å². The summed E-state index contributed by atoms with van der Waals surface area (Å²) in [7, 11) is 1.32. The van der Waals surface area contributed by atoms with Gasteiger partial charge in [-0.25, -0.2) is 4.79 Å². The molecule has 2 rings (SSSR count). The molecule has 5 heteroatoms. The van der Waals surface area contributed by atoms with Crippen LogP contribution in [0.5, 0.6) is 0 Å². The number of carbonyl (C=O) groups is 3. The van der Waals surface area contributed by atoms with Crippen LogP contribution in [0, 0.1) is 11.8 Å². The molecule has 2 atom stereocenters. The lowest BCUT2D eigenvalue weighted by Crippen LogP contribution is -2.48. The van der Waals surface area contributed by atoms with Crippen molar-refractivity contribution in [3.63, 3.8) is 0 Å². The van der Waals surface area contributed by atoms with Crippen LogP contribution in [0.1, 0.15) is 57.8 Å². The Morgan fingerprint density at radius 3 is 2.57 bits per heavy atom. The van der Waals surface area contributed by atoms with Crippen LogP contribution in [0.15, 0.2) is 0 Å². The van der Waals surface area contributed by atoms with Gasteiger partial charge >= 0.3 is 5.97 Å². The molecular formula is C16H25NO4. The molecule has 1 N–H and O–H groups in total. The average molecular weight is 295 g/mol. The third-order valence-corrected chi connectivity index (χ3v) is 4.71. The van der Waals surface area contributed by atoms with Gasteiger partial charge in [-0.2, -0.15) is 0 Å². The van der Waals surface area contributed by atoms with E-state index in [2.05, 4.69) is 5.32 Å². The summed E-state index contributed by atoms with van der Waals surface area (Å²) < 4.78 is 4.81. The number of methoxy groups -OCH3 is 1. The van der Waals surface area contributed by atoms with Gasteiger partial charge in [0.05, 0.1) is 7.11 Å². The summed E-state index contributed by atoms with van der Waals surface area (Å²) in [6, 6.07) is -0.673. The summed E-state index contributed by atoms with van der Waals surface area (Å²) in [5.41, 5.74) is 0. The van der Waals surface area contributed by atoms with E-state index in [4.69, 9.17) is 4.74 Å². The van der Waals surface area contributed by atoms with Crippen molar-refractivity contribution in [1.82, 2.24) is 5.32 Å². The monoisotopic (exact) mass is 295 g/mol. The van der Waals surface area contributed by atoms with E-state index >= 15 is 0 Å². The molecule has 1 amide bonds. The van der Waals surface area contributed by atoms with Crippen molar-refractivity contribution in [2.45, 2.75) is 63.8 Å². The molecule has 0 radical (unpaired) electrons. The SMILES string of the molecule is COC(=O)[C@@H](NC(=O)CC1CCCC1)[C@H]1CCCC(=O)C1. The van der Waals surface area contributed by atoms with E-state index in [1.165, 1.54) is 20.0 Å². The predicted octanol–water partition coefficient (Wildman–Crippen LogP) is 1.98. The predicted molar refractivity (Wildman–Crippen MR) is 77.5 cm³/mol. The van der Waals surface area contributed by atoms with Crippen LogP contribution in [0.2, 0.25) is 0 Å². The highest BCUT2D eigenvalue weighted by Gasteiger charge is 2.34. The first-order valence-electron chi connectivity index (χ1n) is 7.99. The number of ether oxygens (including phenoxy) is 1. The number of Topliss-reactive ketones (excluding diaryl/α,β-unsaturated/α-hetero) is 1. The molecule has 0 saturated heterocycles. The van der Waals surface area contributed by atoms with E-state index in [1.807, 2.05) is 0 Å². The Morgan fingerprint density at radius 2 is 1.95 bits per heavy atom. The molecule has 0 aliphatic heterocycles. The van der Waals surface area contributed by atoms with Crippen LogP contribution in [0.3, 0.4) is 0 Å². The van der Waals surface area contributed by atoms with Gasteiger partial charge < -0.3 is 10.1 Å². The Hall–Kier alpha value is -1.39. The van der Waals surface area contributed by atoms with Crippen molar-refractivity contribution in [3.8, 4) is 0 Å². The minimum atomic E-state index is -0.673. The lowest BCUT2D eigenvalue weighted by atomic mass is 9.83. The maximum atomic E-state index is 12.2. The number of esters is 1. The highest BCUT2D eigenvalue weighted by molar-refractivity contribution is 5.86. The van der Waals surface area contributed by atoms with Gasteiger partial charge in [0.1, 0.15) is 11.8 Å². The highest BCUT2D eigenvalue weighted by Crippen LogP contribution is 2.28. The van der Waals surface area contributed by atoms with Crippen molar-refractivity contribution in [1.29, 1.82) is 0 Å². The number of amides is 1. The molecule has 0 spiro atoms. The van der Waals surface area contributed by atoms with E-state index in [1.54, 1.807) is 0 Å². The van der Waals surface area contributed by atoms with E-state index in [0.29, 0.717) is 25.2 Å². The summed E-state index contributed by atoms with van der Waals surface area (Å²) >= 11 is 0. The first kappa shape index (κ1) is 16.0. The number of hydrogen-bond donors (Lipinski definition) is 1. The van der Waals surface area contributed by atoms with E-state index in [9.17, 15) is 14.4 Å². The molecule has 2 aliphatic rings. The molecule has 0 aromatic rings. The van der Waals surface area contributed by atoms with Gasteiger partial charge in [0.2, 0.25) is 5.91 Å². The molecule has 2 aliphatic carbocycles. The van der Waals surface area contributed by atoms with Crippen LogP contribution in [-0.2, 0) is 19.1 Å². The largest absolute Gasteiger partial charge is 0.467 e. The molecular weight excluding hydrogens is 270 g/mol. The molecule has 2 fully saturated rings. The second-order valence-electron chi connectivity index (χ2n) is 6.32. The van der Waals surface area contributed by atoms with Crippen molar-refractivity contribution in [2.24, 2.45) is 11.8 Å². The highest BCUT2D eigenvalue weighted by atomic mass is 16.5. The van der Waals surface area contributed by atoms with Crippen LogP contribution in [0.25, 0.3) is 0 Å². The molecule has 0 aromatic carbocycles. The Kier molecular flexibility index (Phi) is 5.76. The average Bonchev–Trinajstić information content (AvgIpc) is 2.96. The number of carbonyl (C=O) groups excluding carboxylic acids is 3. The molecule has 0 unspecified atom stereocenters. The summed E-state index contributed by atoms with van der Waals surface area (Å²) in [6.45, 7) is 0. The second-order valence-corrected chi connectivity index (χ2v) is 6.32. The minimum absolute atomic E-state index is 0.0877. The number of nitrogens with one attached hydrogen (secondary N) is 1. The zero-order chi connectivity index (χ0) is 15.2. The molecule has 118 valence electrons. The van der Waals surface area contributed by atoms with E-state index < -0.39 is 12.0 Å². The Labute approximate surface area is 125 Å². The maximum absolute atomic E-state index is 12.2. The lowest BCUT2D eigenvalue weighted by molar-refractivity contribution is -0.147. The molecule has 21 heavy (non-hydrogen) atoms. The minimum Gasteiger partial charge on any atom is -0.467 e. The second kappa shape index (κ2) is 7.57. The van der Waals surface area contributed by atoms with Crippen molar-refractivity contribution >= 4 is 17.7 Å². The van der Waals surface area contributed by atoms with Crippen molar-refractivity contribution < 1.29 is 19.1 Å². The molecule has 0 heterocycles. The van der Waals surface area contributed by atoms with Gasteiger partial charge in [0.15, 0.2) is 0 Å². The van der Waals surface area contributed by atoms with Gasteiger partial charge in [-0.3, -0.25) is 9.59 Å². The van der Waals surface area contributed by atoms with Crippen LogP contribution < -0.4 is 5.32 Å². The maximum Gasteiger partial charge on any atom is 0.328 e. The Balaban J connectivity index is 1.93. The summed E-state index contributed by atoms with van der Waals surface area (Å²) in [4.78, 5) is 35.7. The Morgan fingerprint density at radius 1 is 1.24 bits per heavy atom. The third-order valence-electron chi connectivity index (χ3n) is 4.71. The molecule has 0 aromatic heterocycles. The smallest absolute Gasteiger partial charge is 0.328 e. The normalized spacial score (nSPS) is 24.6. The summed E-state index contributed by atoms with van der Waals surface area (Å²) in [5.74, 6) is -0.0301. The number of ketones is 1. The zero-order valence-corrected chi connectivity index (χ0v) is 12.7. The first-order chi connectivity index (χ1) is 10.1. The fourth-order valence-electron chi connectivity index (χ4n) is 3.55. The number of rotatable bonds is 5. The van der Waals surface area contributed by atoms with Gasteiger partial charge in [0.25, 0.3) is 0 Å². The van der Waals surface area contributed by atoms with Gasteiger partial charge in [0, 0.05) is 19.3 Å². The summed E-state index contributed by atoms with van der Waals surface area (Å²) in [6.07, 6.45) is 7.57. The van der Waals surface area contributed by atoms with E-state index in [-0.39, 0.29) is 17.6 Å². The van der Waals surface area contributed by atoms with Gasteiger partial charge in [-0.1, -0.05) is 12.8 Å². The number of hydrogen-bond acceptors (Lipinski definition) is 4. The quantitative estimate of drug-likeness (QED) is 0.787. The van der Waals surface area contributed by atoms with Gasteiger partial charge in [-0.05, 0) is 37.5 Å². The van der Waals surface area contributed by atoms with Gasteiger partial charge in [-0.15, -0.1) is 0 Å². The fourth-order valence-corrected chi connectivity index (χ4v) is 3.55. The van der Waals surface area contributed by atoms with Crippen LogP contribution >= 0.6 is 0 Å².